The summed E-state index contributed by atoms with van der Waals surface area (Å²) >= 11 is 0. The molecule has 0 radical (unpaired) electrons. The highest BCUT2D eigenvalue weighted by molar-refractivity contribution is 6.00. The Bertz CT molecular complexity index is 1810. The molecule has 1 aliphatic carbocycles. The summed E-state index contributed by atoms with van der Waals surface area (Å²) in [6, 6.07) is 10.7. The molecule has 7 rings (SSSR count). The Kier molecular flexibility index (Phi) is 7.82. The number of ether oxygens (including phenoxy) is 1. The first kappa shape index (κ1) is 30.7. The first-order chi connectivity index (χ1) is 22.0. The molecule has 1 saturated carbocycles. The maximum atomic E-state index is 13.8. The largest absolute Gasteiger partial charge is 0.494 e. The van der Waals surface area contributed by atoms with Gasteiger partial charge < -0.3 is 29.8 Å². The summed E-state index contributed by atoms with van der Waals surface area (Å²) in [6.45, 7) is 7.38. The van der Waals surface area contributed by atoms with E-state index in [1.54, 1.807) is 7.11 Å². The van der Waals surface area contributed by atoms with Crippen LogP contribution < -0.4 is 15.8 Å². The molecule has 3 unspecified atom stereocenters. The number of unbranched alkanes of at least 4 members (excludes halogenated alkanes) is 1. The van der Waals surface area contributed by atoms with Crippen molar-refractivity contribution in [1.29, 1.82) is 0 Å². The zero-order valence-corrected chi connectivity index (χ0v) is 27.8. The van der Waals surface area contributed by atoms with Crippen LogP contribution in [0.5, 0.6) is 5.75 Å². The fourth-order valence-corrected chi connectivity index (χ4v) is 7.45. The molecular weight excluding hydrogens is 578 g/mol. The zero-order chi connectivity index (χ0) is 32.3. The van der Waals surface area contributed by atoms with Gasteiger partial charge in [0.2, 0.25) is 5.91 Å². The molecular formula is C36H47N7O3. The Morgan fingerprint density at radius 3 is 2.54 bits per heavy atom. The monoisotopic (exact) mass is 625 g/mol. The Balaban J connectivity index is 1.18. The van der Waals surface area contributed by atoms with Gasteiger partial charge in [-0.25, -0.2) is 9.97 Å². The Morgan fingerprint density at radius 2 is 1.87 bits per heavy atom. The van der Waals surface area contributed by atoms with Gasteiger partial charge in [-0.3, -0.25) is 9.59 Å². The number of aromatic nitrogens is 4. The lowest BCUT2D eigenvalue weighted by molar-refractivity contribution is -0.128. The smallest absolute Gasteiger partial charge is 0.254 e. The molecule has 10 heteroatoms. The highest BCUT2D eigenvalue weighted by Gasteiger charge is 2.47. The van der Waals surface area contributed by atoms with E-state index in [1.807, 2.05) is 44.9 Å². The van der Waals surface area contributed by atoms with Gasteiger partial charge in [0.15, 0.2) is 5.82 Å². The predicted octanol–water partition coefficient (Wildman–Crippen LogP) is 5.20. The quantitative estimate of drug-likeness (QED) is 0.234. The maximum Gasteiger partial charge on any atom is 0.254 e. The summed E-state index contributed by atoms with van der Waals surface area (Å²) in [5.41, 5.74) is 11.3. The molecule has 3 aliphatic rings. The van der Waals surface area contributed by atoms with Gasteiger partial charge in [-0.2, -0.15) is 0 Å². The van der Waals surface area contributed by atoms with E-state index in [-0.39, 0.29) is 35.4 Å². The van der Waals surface area contributed by atoms with Gasteiger partial charge in [0, 0.05) is 60.3 Å². The van der Waals surface area contributed by atoms with E-state index in [0.717, 1.165) is 84.3 Å². The number of nitrogens with one attached hydrogen (secondary N) is 1. The number of aryl methyl sites for hydroxylation is 2. The summed E-state index contributed by atoms with van der Waals surface area (Å²) in [5.74, 6) is 2.21. The van der Waals surface area contributed by atoms with Crippen molar-refractivity contribution in [2.75, 3.05) is 13.7 Å². The molecule has 5 heterocycles. The number of nitrogens with zero attached hydrogens (tertiary/aromatic N) is 5. The molecule has 4 aromatic rings. The van der Waals surface area contributed by atoms with Crippen molar-refractivity contribution in [3.63, 3.8) is 0 Å². The average molecular weight is 626 g/mol. The highest BCUT2D eigenvalue weighted by Crippen LogP contribution is 2.40. The summed E-state index contributed by atoms with van der Waals surface area (Å²) in [6.07, 6.45) is 8.04. The number of carbonyl (C=O) groups excluding carboxylic acids is 2. The number of benzene rings is 1. The number of pyridine rings is 1. The fraction of sp³-hybridized carbons (Fsp3) is 0.556. The maximum absolute atomic E-state index is 13.8. The van der Waals surface area contributed by atoms with E-state index in [4.69, 9.17) is 20.4 Å². The van der Waals surface area contributed by atoms with Gasteiger partial charge in [0.05, 0.1) is 18.3 Å². The average Bonchev–Trinajstić information content (AvgIpc) is 3.35. The van der Waals surface area contributed by atoms with Gasteiger partial charge in [-0.1, -0.05) is 20.8 Å². The summed E-state index contributed by atoms with van der Waals surface area (Å²) < 4.78 is 10.3. The van der Waals surface area contributed by atoms with Crippen molar-refractivity contribution in [3.05, 3.63) is 41.6 Å². The van der Waals surface area contributed by atoms with E-state index < -0.39 is 0 Å². The van der Waals surface area contributed by atoms with Gasteiger partial charge >= 0.3 is 0 Å². The van der Waals surface area contributed by atoms with Crippen LogP contribution in [0.3, 0.4) is 0 Å². The molecule has 46 heavy (non-hydrogen) atoms. The van der Waals surface area contributed by atoms with Crippen LogP contribution in [-0.4, -0.2) is 67.6 Å². The van der Waals surface area contributed by atoms with Gasteiger partial charge in [0.1, 0.15) is 16.9 Å². The van der Waals surface area contributed by atoms with Crippen LogP contribution >= 0.6 is 0 Å². The molecule has 3 N–H and O–H groups in total. The van der Waals surface area contributed by atoms with Crippen LogP contribution in [0.4, 0.5) is 0 Å². The van der Waals surface area contributed by atoms with E-state index >= 15 is 0 Å². The molecule has 0 spiro atoms. The Hall–Kier alpha value is -3.92. The summed E-state index contributed by atoms with van der Waals surface area (Å²) in [7, 11) is 3.67. The van der Waals surface area contributed by atoms with E-state index in [1.165, 1.54) is 12.8 Å². The minimum atomic E-state index is -0.372. The van der Waals surface area contributed by atoms with Crippen molar-refractivity contribution in [1.82, 2.24) is 29.3 Å². The van der Waals surface area contributed by atoms with E-state index in [9.17, 15) is 9.59 Å². The summed E-state index contributed by atoms with van der Waals surface area (Å²) in [4.78, 5) is 38.3. The normalized spacial score (nSPS) is 21.1. The lowest BCUT2D eigenvalue weighted by Gasteiger charge is -2.23. The van der Waals surface area contributed by atoms with Crippen molar-refractivity contribution in [2.24, 2.45) is 24.1 Å². The SMILES string of the molecule is COc1cc(C(=O)N2C3CCC2C(N)C3)cc2nc(-c3cc4ccc(CCCCNC(=O)C(C)(C)C)nc4n3CC3CC3)n(C)c12. The van der Waals surface area contributed by atoms with Crippen molar-refractivity contribution < 1.29 is 14.3 Å². The second kappa shape index (κ2) is 11.7. The third-order valence-corrected chi connectivity index (χ3v) is 10.2. The van der Waals surface area contributed by atoms with Crippen molar-refractivity contribution in [2.45, 2.75) is 96.8 Å². The predicted molar refractivity (Wildman–Crippen MR) is 180 cm³/mol. The lowest BCUT2D eigenvalue weighted by atomic mass is 9.96. The molecule has 2 bridgehead atoms. The molecule has 3 fully saturated rings. The third-order valence-electron chi connectivity index (χ3n) is 10.2. The number of rotatable bonds is 10. The fourth-order valence-electron chi connectivity index (χ4n) is 7.45. The molecule has 2 saturated heterocycles. The van der Waals surface area contributed by atoms with Crippen LogP contribution in [-0.2, 0) is 24.8 Å². The minimum absolute atomic E-state index is 0.0176. The molecule has 2 amide bonds. The van der Waals surface area contributed by atoms with Crippen molar-refractivity contribution in [3.8, 4) is 17.3 Å². The van der Waals surface area contributed by atoms with Crippen LogP contribution in [0.25, 0.3) is 33.6 Å². The molecule has 3 aromatic heterocycles. The molecule has 2 aliphatic heterocycles. The van der Waals surface area contributed by atoms with Crippen LogP contribution in [0.15, 0.2) is 30.3 Å². The van der Waals surface area contributed by atoms with Crippen molar-refractivity contribution >= 4 is 33.9 Å². The van der Waals surface area contributed by atoms with Crippen LogP contribution in [0.1, 0.15) is 81.8 Å². The first-order valence-electron chi connectivity index (χ1n) is 16.9. The number of carbonyl (C=O) groups is 2. The Morgan fingerprint density at radius 1 is 1.07 bits per heavy atom. The van der Waals surface area contributed by atoms with Gasteiger partial charge in [-0.05, 0) is 87.6 Å². The second-order valence-electron chi connectivity index (χ2n) is 14.7. The number of amides is 2. The van der Waals surface area contributed by atoms with E-state index in [2.05, 4.69) is 32.7 Å². The molecule has 10 nitrogen and oxygen atoms in total. The molecule has 1 aromatic carbocycles. The third kappa shape index (κ3) is 5.54. The first-order valence-corrected chi connectivity index (χ1v) is 16.9. The number of nitrogens with two attached hydrogens (primary N) is 1. The zero-order valence-electron chi connectivity index (χ0n) is 27.8. The number of methoxy groups -OCH3 is 1. The second-order valence-corrected chi connectivity index (χ2v) is 14.7. The molecule has 244 valence electrons. The molecule has 3 atom stereocenters. The standard InChI is InChI=1S/C36H47N7O3/c1-36(2,3)35(45)38-15-7-6-8-24-12-11-22-17-29(42(32(22)39-24)20-21-9-10-21)33-40-27-16-23(18-30(46-5)31(27)41(33)4)34(44)43-25-13-14-28(43)26(37)19-25/h11-12,16-18,21,25-26,28H,6-10,13-15,19-20,37H2,1-5H3,(H,38,45). The van der Waals surface area contributed by atoms with Crippen LogP contribution in [0.2, 0.25) is 0 Å². The minimum Gasteiger partial charge on any atom is -0.494 e. The lowest BCUT2D eigenvalue weighted by Crippen LogP contribution is -2.40. The Labute approximate surface area is 270 Å². The topological polar surface area (TPSA) is 120 Å². The highest BCUT2D eigenvalue weighted by atomic mass is 16.5. The summed E-state index contributed by atoms with van der Waals surface area (Å²) in [5, 5.41) is 4.14. The number of fused-ring (bicyclic) bond motifs is 4. The number of imidazole rings is 1. The van der Waals surface area contributed by atoms with Gasteiger partial charge in [0.25, 0.3) is 5.91 Å². The number of hydrogen-bond acceptors (Lipinski definition) is 6. The van der Waals surface area contributed by atoms with E-state index in [0.29, 0.717) is 23.8 Å². The van der Waals surface area contributed by atoms with Crippen LogP contribution in [0, 0.1) is 11.3 Å². The van der Waals surface area contributed by atoms with Gasteiger partial charge in [-0.15, -0.1) is 0 Å². The number of hydrogen-bond donors (Lipinski definition) is 2.